The fraction of sp³-hybridized carbons (Fsp3) is 0.526. The van der Waals surface area contributed by atoms with Crippen LogP contribution in [0.1, 0.15) is 27.7 Å². The lowest BCUT2D eigenvalue weighted by atomic mass is 10.2. The van der Waals surface area contributed by atoms with E-state index >= 15 is 0 Å². The van der Waals surface area contributed by atoms with E-state index in [-0.39, 0.29) is 17.3 Å². The Balaban J connectivity index is 3.04. The van der Waals surface area contributed by atoms with Crippen molar-refractivity contribution < 1.29 is 35.0 Å². The second-order valence-corrected chi connectivity index (χ2v) is 14.6. The van der Waals surface area contributed by atoms with Crippen molar-refractivity contribution >= 4 is 30.0 Å². The minimum absolute atomic E-state index is 0.00417. The summed E-state index contributed by atoms with van der Waals surface area (Å²) in [6.45, 7) is 12.1. The molecule has 0 N–H and O–H groups in total. The number of anilines is 1. The average Bonchev–Trinajstić information content (AvgIpc) is 2.58. The number of amides is 1. The van der Waals surface area contributed by atoms with Crippen molar-refractivity contribution in [2.75, 3.05) is 18.6 Å². The molecule has 0 saturated heterocycles. The molecule has 0 radical (unpaired) electrons. The summed E-state index contributed by atoms with van der Waals surface area (Å²) in [5, 5.41) is -0.00417. The van der Waals surface area contributed by atoms with Gasteiger partial charge in [-0.15, -0.1) is 0 Å². The van der Waals surface area contributed by atoms with Gasteiger partial charge in [0.25, 0.3) is 5.91 Å². The highest BCUT2D eigenvalue weighted by molar-refractivity contribution is 7.88. The van der Waals surface area contributed by atoms with Crippen LogP contribution in [0.4, 0.5) is 18.9 Å². The van der Waals surface area contributed by atoms with Gasteiger partial charge in [0.05, 0.1) is 12.3 Å². The molecule has 0 aliphatic rings. The van der Waals surface area contributed by atoms with E-state index < -0.39 is 35.6 Å². The summed E-state index contributed by atoms with van der Waals surface area (Å²) in [6.07, 6.45) is 1.59. The van der Waals surface area contributed by atoms with Crippen LogP contribution in [0.2, 0.25) is 18.1 Å². The Morgan fingerprint density at radius 1 is 1.17 bits per heavy atom. The van der Waals surface area contributed by atoms with Crippen LogP contribution in [0.25, 0.3) is 0 Å². The lowest BCUT2D eigenvalue weighted by Gasteiger charge is -2.35. The van der Waals surface area contributed by atoms with Gasteiger partial charge in [-0.1, -0.05) is 39.0 Å². The first-order chi connectivity index (χ1) is 13.4. The zero-order chi connectivity index (χ0) is 23.5. The smallest absolute Gasteiger partial charge is 0.413 e. The van der Waals surface area contributed by atoms with E-state index in [0.29, 0.717) is 5.57 Å². The maximum Gasteiger partial charge on any atom is 0.534 e. The van der Waals surface area contributed by atoms with Gasteiger partial charge in [-0.2, -0.15) is 21.6 Å². The Morgan fingerprint density at radius 3 is 2.20 bits per heavy atom. The maximum atomic E-state index is 12.7. The molecule has 1 amide bonds. The number of benzene rings is 1. The van der Waals surface area contributed by atoms with Crippen LogP contribution in [0.3, 0.4) is 0 Å². The van der Waals surface area contributed by atoms with E-state index in [0.717, 1.165) is 11.0 Å². The molecule has 0 spiro atoms. The Hall–Kier alpha value is -1.85. The van der Waals surface area contributed by atoms with Gasteiger partial charge in [-0.25, -0.2) is 0 Å². The summed E-state index contributed by atoms with van der Waals surface area (Å²) in [7, 11) is -6.56. The molecule has 0 bridgehead atoms. The molecule has 1 aromatic rings. The van der Waals surface area contributed by atoms with Crippen molar-refractivity contribution in [3.05, 3.63) is 35.9 Å². The Kier molecular flexibility index (Phi) is 7.95. The van der Waals surface area contributed by atoms with E-state index in [4.69, 9.17) is 4.43 Å². The molecule has 0 aliphatic heterocycles. The molecule has 11 heteroatoms. The van der Waals surface area contributed by atoms with Gasteiger partial charge in [0.2, 0.25) is 0 Å². The van der Waals surface area contributed by atoms with Crippen molar-refractivity contribution in [1.82, 2.24) is 0 Å². The lowest BCUT2D eigenvalue weighted by molar-refractivity contribution is -0.114. The van der Waals surface area contributed by atoms with Gasteiger partial charge in [-0.3, -0.25) is 4.79 Å². The number of hydrogen-bond acceptors (Lipinski definition) is 5. The normalized spacial score (nSPS) is 13.9. The Bertz CT molecular complexity index is 905. The third-order valence-corrected chi connectivity index (χ3v) is 10.5. The lowest BCUT2D eigenvalue weighted by Crippen LogP contribution is -2.40. The number of likely N-dealkylation sites (N-methyl/N-ethyl adjacent to an activating group) is 1. The van der Waals surface area contributed by atoms with Crippen LogP contribution in [0.15, 0.2) is 35.9 Å². The topological polar surface area (TPSA) is 72.9 Å². The van der Waals surface area contributed by atoms with Crippen LogP contribution < -0.4 is 9.08 Å². The van der Waals surface area contributed by atoms with Gasteiger partial charge >= 0.3 is 15.6 Å². The third-order valence-electron chi connectivity index (χ3n) is 4.99. The number of carbonyl (C=O) groups is 1. The molecule has 1 aromatic carbocycles. The van der Waals surface area contributed by atoms with Crippen molar-refractivity contribution in [2.24, 2.45) is 0 Å². The van der Waals surface area contributed by atoms with Crippen LogP contribution in [0, 0.1) is 0 Å². The highest BCUT2D eigenvalue weighted by atomic mass is 32.2. The molecular weight excluding hydrogens is 439 g/mol. The van der Waals surface area contributed by atoms with E-state index in [1.807, 2.05) is 0 Å². The summed E-state index contributed by atoms with van der Waals surface area (Å²) in [5.74, 6) is -1.13. The number of para-hydroxylation sites is 2. The standard InChI is InChI=1S/C19H28F3NO5SSi/c1-14(12-13-27-30(6,7)18(2,3)4)17(24)23(5)15-10-8-9-11-16(15)28-29(25,26)19(20,21)22/h8-12H,13H2,1-7H3/b14-12+. The van der Waals surface area contributed by atoms with Gasteiger partial charge in [0, 0.05) is 12.6 Å². The van der Waals surface area contributed by atoms with Crippen LogP contribution >= 0.6 is 0 Å². The van der Waals surface area contributed by atoms with E-state index in [1.54, 1.807) is 13.0 Å². The second-order valence-electron chi connectivity index (χ2n) is 8.27. The number of hydrogen-bond donors (Lipinski definition) is 0. The summed E-state index contributed by atoms with van der Waals surface area (Å²) in [6, 6.07) is 5.09. The Labute approximate surface area is 176 Å². The first kappa shape index (κ1) is 26.2. The molecule has 0 fully saturated rings. The van der Waals surface area contributed by atoms with Crippen molar-refractivity contribution in [1.29, 1.82) is 0 Å². The molecule has 30 heavy (non-hydrogen) atoms. The van der Waals surface area contributed by atoms with Crippen LogP contribution in [-0.4, -0.2) is 41.8 Å². The van der Waals surface area contributed by atoms with E-state index in [1.165, 1.54) is 25.2 Å². The first-order valence-electron chi connectivity index (χ1n) is 9.09. The zero-order valence-electron chi connectivity index (χ0n) is 18.1. The summed E-state index contributed by atoms with van der Waals surface area (Å²) in [5.41, 5.74) is -5.40. The average molecular weight is 468 g/mol. The minimum Gasteiger partial charge on any atom is -0.413 e. The predicted molar refractivity (Wildman–Crippen MR) is 112 cm³/mol. The summed E-state index contributed by atoms with van der Waals surface area (Å²) < 4.78 is 70.8. The van der Waals surface area contributed by atoms with Crippen molar-refractivity contribution in [2.45, 2.75) is 51.3 Å². The van der Waals surface area contributed by atoms with Crippen LogP contribution in [0.5, 0.6) is 5.75 Å². The number of nitrogens with zero attached hydrogens (tertiary/aromatic N) is 1. The molecule has 6 nitrogen and oxygen atoms in total. The van der Waals surface area contributed by atoms with E-state index in [9.17, 15) is 26.4 Å². The van der Waals surface area contributed by atoms with Crippen molar-refractivity contribution in [3.8, 4) is 5.75 Å². The van der Waals surface area contributed by atoms with Crippen molar-refractivity contribution in [3.63, 3.8) is 0 Å². The zero-order valence-corrected chi connectivity index (χ0v) is 19.9. The molecule has 170 valence electrons. The highest BCUT2D eigenvalue weighted by Crippen LogP contribution is 2.36. The third kappa shape index (κ3) is 6.32. The van der Waals surface area contributed by atoms with Crippen LogP contribution in [-0.2, 0) is 19.3 Å². The first-order valence-corrected chi connectivity index (χ1v) is 13.4. The number of carbonyl (C=O) groups excluding carboxylic acids is 1. The largest absolute Gasteiger partial charge is 0.534 e. The molecule has 0 aliphatic carbocycles. The second kappa shape index (κ2) is 9.11. The minimum atomic E-state index is -5.87. The van der Waals surface area contributed by atoms with Gasteiger partial charge in [-0.05, 0) is 37.2 Å². The molecular formula is C19H28F3NO5SSi. The van der Waals surface area contributed by atoms with Gasteiger partial charge in [0.15, 0.2) is 14.1 Å². The Morgan fingerprint density at radius 2 is 1.70 bits per heavy atom. The fourth-order valence-electron chi connectivity index (χ4n) is 2.02. The fourth-order valence-corrected chi connectivity index (χ4v) is 3.43. The quantitative estimate of drug-likeness (QED) is 0.248. The number of rotatable bonds is 7. The maximum absolute atomic E-state index is 12.7. The SMILES string of the molecule is C/C(=C\CO[Si](C)(C)C(C)(C)C)C(=O)N(C)c1ccccc1OS(=O)(=O)C(F)(F)F. The number of halogens is 3. The monoisotopic (exact) mass is 467 g/mol. The van der Waals surface area contributed by atoms with Gasteiger partial charge in [0.1, 0.15) is 0 Å². The predicted octanol–water partition coefficient (Wildman–Crippen LogP) is 4.85. The van der Waals surface area contributed by atoms with E-state index in [2.05, 4.69) is 38.0 Å². The molecule has 0 atom stereocenters. The molecule has 1 rings (SSSR count). The molecule has 0 saturated carbocycles. The highest BCUT2D eigenvalue weighted by Gasteiger charge is 2.49. The number of alkyl halides is 3. The molecule has 0 aromatic heterocycles. The molecule has 0 unspecified atom stereocenters. The molecule has 0 heterocycles. The summed E-state index contributed by atoms with van der Waals surface area (Å²) in [4.78, 5) is 13.7. The van der Waals surface area contributed by atoms with Gasteiger partial charge < -0.3 is 13.5 Å². The summed E-state index contributed by atoms with van der Waals surface area (Å²) >= 11 is 0.